The first kappa shape index (κ1) is 16.3. The molecule has 0 aliphatic carbocycles. The Hall–Kier alpha value is -2.58. The summed E-state index contributed by atoms with van der Waals surface area (Å²) in [5, 5.41) is 8.85. The van der Waals surface area contributed by atoms with Crippen LogP contribution >= 0.6 is 0 Å². The fraction of sp³-hybridized carbons (Fsp3) is 0.368. The Morgan fingerprint density at radius 1 is 1.08 bits per heavy atom. The van der Waals surface area contributed by atoms with Gasteiger partial charge in [0.2, 0.25) is 0 Å². The molecule has 24 heavy (non-hydrogen) atoms. The molecule has 0 amide bonds. The van der Waals surface area contributed by atoms with Gasteiger partial charge in [0.1, 0.15) is 17.5 Å². The van der Waals surface area contributed by atoms with Crippen molar-refractivity contribution >= 4 is 5.69 Å². The van der Waals surface area contributed by atoms with Crippen molar-refractivity contribution in [2.45, 2.75) is 13.0 Å². The highest BCUT2D eigenvalue weighted by Crippen LogP contribution is 2.18. The maximum atomic E-state index is 8.85. The molecule has 0 radical (unpaired) electrons. The van der Waals surface area contributed by atoms with Crippen LogP contribution in [0.15, 0.2) is 42.6 Å². The topological polar surface area (TPSA) is 52.4 Å². The second kappa shape index (κ2) is 7.80. The van der Waals surface area contributed by atoms with Crippen molar-refractivity contribution in [2.75, 3.05) is 38.2 Å². The second-order valence-corrected chi connectivity index (χ2v) is 5.98. The van der Waals surface area contributed by atoms with Crippen molar-refractivity contribution in [3.05, 3.63) is 53.9 Å². The molecule has 1 saturated heterocycles. The molecule has 0 spiro atoms. The number of nitriles is 1. The largest absolute Gasteiger partial charge is 0.497 e. The third kappa shape index (κ3) is 4.03. The summed E-state index contributed by atoms with van der Waals surface area (Å²) in [5.41, 5.74) is 2.87. The van der Waals surface area contributed by atoms with Crippen LogP contribution in [0.1, 0.15) is 17.7 Å². The molecule has 2 aromatic rings. The van der Waals surface area contributed by atoms with Gasteiger partial charge in [0.25, 0.3) is 0 Å². The van der Waals surface area contributed by atoms with Crippen LogP contribution in [0.2, 0.25) is 0 Å². The minimum absolute atomic E-state index is 0.467. The van der Waals surface area contributed by atoms with Gasteiger partial charge in [-0.2, -0.15) is 5.26 Å². The molecule has 2 heterocycles. The lowest BCUT2D eigenvalue weighted by molar-refractivity contribution is 0.285. The van der Waals surface area contributed by atoms with E-state index >= 15 is 0 Å². The molecule has 5 heteroatoms. The third-order valence-corrected chi connectivity index (χ3v) is 4.38. The molecule has 124 valence electrons. The number of ether oxygens (including phenoxy) is 1. The van der Waals surface area contributed by atoms with Crippen molar-refractivity contribution in [1.29, 1.82) is 5.26 Å². The van der Waals surface area contributed by atoms with Crippen LogP contribution in [-0.2, 0) is 6.54 Å². The summed E-state index contributed by atoms with van der Waals surface area (Å²) in [6.45, 7) is 5.07. The Morgan fingerprint density at radius 3 is 2.58 bits per heavy atom. The summed E-state index contributed by atoms with van der Waals surface area (Å²) in [7, 11) is 1.69. The molecule has 0 unspecified atom stereocenters. The smallest absolute Gasteiger partial charge is 0.140 e. The Kier molecular flexibility index (Phi) is 5.29. The Morgan fingerprint density at radius 2 is 1.92 bits per heavy atom. The number of hydrogen-bond donors (Lipinski definition) is 0. The van der Waals surface area contributed by atoms with E-state index in [2.05, 4.69) is 33.0 Å². The summed E-state index contributed by atoms with van der Waals surface area (Å²) in [5.74, 6) is 0.897. The van der Waals surface area contributed by atoms with Gasteiger partial charge in [-0.25, -0.2) is 4.98 Å². The molecular weight excluding hydrogens is 300 g/mol. The molecule has 0 bridgehead atoms. The Bertz CT molecular complexity index is 691. The first-order valence-corrected chi connectivity index (χ1v) is 8.25. The van der Waals surface area contributed by atoms with Crippen molar-refractivity contribution in [3.63, 3.8) is 0 Å². The van der Waals surface area contributed by atoms with E-state index < -0.39 is 0 Å². The number of aromatic nitrogens is 1. The van der Waals surface area contributed by atoms with Crippen molar-refractivity contribution in [1.82, 2.24) is 9.88 Å². The summed E-state index contributed by atoms with van der Waals surface area (Å²) >= 11 is 0. The Balaban J connectivity index is 1.58. The van der Waals surface area contributed by atoms with E-state index in [0.29, 0.717) is 5.69 Å². The highest BCUT2D eigenvalue weighted by Gasteiger charge is 2.15. The van der Waals surface area contributed by atoms with Gasteiger partial charge in [-0.05, 0) is 36.2 Å². The van der Waals surface area contributed by atoms with E-state index in [1.54, 1.807) is 19.4 Å². The van der Waals surface area contributed by atoms with E-state index in [-0.39, 0.29) is 0 Å². The highest BCUT2D eigenvalue weighted by atomic mass is 16.5. The van der Waals surface area contributed by atoms with E-state index in [1.165, 1.54) is 5.56 Å². The number of rotatable bonds is 4. The van der Waals surface area contributed by atoms with Crippen molar-refractivity contribution in [3.8, 4) is 11.8 Å². The molecule has 1 aliphatic heterocycles. The van der Waals surface area contributed by atoms with Crippen LogP contribution in [0.25, 0.3) is 0 Å². The maximum absolute atomic E-state index is 8.85. The molecule has 1 aliphatic rings. The number of nitrogens with zero attached hydrogens (tertiary/aromatic N) is 4. The second-order valence-electron chi connectivity index (χ2n) is 5.98. The molecule has 0 saturated carbocycles. The van der Waals surface area contributed by atoms with Crippen molar-refractivity contribution in [2.24, 2.45) is 0 Å². The zero-order valence-electron chi connectivity index (χ0n) is 14.0. The normalized spacial score (nSPS) is 15.6. The summed E-state index contributed by atoms with van der Waals surface area (Å²) < 4.78 is 5.21. The number of methoxy groups -OCH3 is 1. The first-order chi connectivity index (χ1) is 11.8. The van der Waals surface area contributed by atoms with Gasteiger partial charge in [0.15, 0.2) is 0 Å². The third-order valence-electron chi connectivity index (χ3n) is 4.38. The SMILES string of the molecule is COc1ccc(CN2CCCN(c3ccc(C#N)nc3)CC2)cc1. The van der Waals surface area contributed by atoms with Crippen LogP contribution in [0, 0.1) is 11.3 Å². The van der Waals surface area contributed by atoms with Gasteiger partial charge in [0, 0.05) is 32.7 Å². The monoisotopic (exact) mass is 322 g/mol. The molecular formula is C19H22N4O. The number of hydrogen-bond acceptors (Lipinski definition) is 5. The maximum Gasteiger partial charge on any atom is 0.140 e. The van der Waals surface area contributed by atoms with Crippen LogP contribution in [0.3, 0.4) is 0 Å². The lowest BCUT2D eigenvalue weighted by Gasteiger charge is -2.23. The Labute approximate surface area is 143 Å². The summed E-state index contributed by atoms with van der Waals surface area (Å²) in [6, 6.07) is 14.1. The summed E-state index contributed by atoms with van der Waals surface area (Å²) in [4.78, 5) is 9.01. The molecule has 1 aromatic heterocycles. The van der Waals surface area contributed by atoms with Gasteiger partial charge < -0.3 is 9.64 Å². The minimum atomic E-state index is 0.467. The molecule has 1 aromatic carbocycles. The van der Waals surface area contributed by atoms with E-state index in [0.717, 1.165) is 50.6 Å². The van der Waals surface area contributed by atoms with Gasteiger partial charge in [-0.3, -0.25) is 4.90 Å². The molecule has 0 N–H and O–H groups in total. The molecule has 3 rings (SSSR count). The van der Waals surface area contributed by atoms with Gasteiger partial charge in [-0.15, -0.1) is 0 Å². The van der Waals surface area contributed by atoms with Crippen LogP contribution in [-0.4, -0.2) is 43.2 Å². The summed E-state index contributed by atoms with van der Waals surface area (Å²) in [6.07, 6.45) is 2.92. The van der Waals surface area contributed by atoms with Crippen LogP contribution in [0.5, 0.6) is 5.75 Å². The quantitative estimate of drug-likeness (QED) is 0.866. The fourth-order valence-electron chi connectivity index (χ4n) is 3.02. The van der Waals surface area contributed by atoms with Gasteiger partial charge >= 0.3 is 0 Å². The zero-order chi connectivity index (χ0) is 16.8. The zero-order valence-corrected chi connectivity index (χ0v) is 14.0. The molecule has 1 fully saturated rings. The first-order valence-electron chi connectivity index (χ1n) is 8.25. The van der Waals surface area contributed by atoms with Crippen LogP contribution < -0.4 is 9.64 Å². The molecule has 5 nitrogen and oxygen atoms in total. The lowest BCUT2D eigenvalue weighted by Crippen LogP contribution is -2.30. The number of pyridine rings is 1. The number of benzene rings is 1. The predicted molar refractivity (Wildman–Crippen MR) is 94.1 cm³/mol. The number of anilines is 1. The average Bonchev–Trinajstić information content (AvgIpc) is 2.88. The predicted octanol–water partition coefficient (Wildman–Crippen LogP) is 2.67. The van der Waals surface area contributed by atoms with Gasteiger partial charge in [-0.1, -0.05) is 12.1 Å². The van der Waals surface area contributed by atoms with Crippen LogP contribution in [0.4, 0.5) is 5.69 Å². The lowest BCUT2D eigenvalue weighted by atomic mass is 10.2. The van der Waals surface area contributed by atoms with E-state index in [4.69, 9.17) is 10.00 Å². The molecule has 0 atom stereocenters. The van der Waals surface area contributed by atoms with Gasteiger partial charge in [0.05, 0.1) is 19.0 Å². The average molecular weight is 322 g/mol. The van der Waals surface area contributed by atoms with Crippen molar-refractivity contribution < 1.29 is 4.74 Å². The fourth-order valence-corrected chi connectivity index (χ4v) is 3.02. The highest BCUT2D eigenvalue weighted by molar-refractivity contribution is 5.46. The standard InChI is InChI=1S/C19H22N4O/c1-24-19-7-3-16(4-8-19)15-22-9-2-10-23(12-11-22)18-6-5-17(13-20)21-14-18/h3-8,14H,2,9-12,15H2,1H3. The van der Waals surface area contributed by atoms with E-state index in [1.807, 2.05) is 18.2 Å². The van der Waals surface area contributed by atoms with E-state index in [9.17, 15) is 0 Å². The minimum Gasteiger partial charge on any atom is -0.497 e.